The van der Waals surface area contributed by atoms with Crippen LogP contribution >= 0.6 is 11.6 Å². The highest BCUT2D eigenvalue weighted by molar-refractivity contribution is 6.30. The minimum atomic E-state index is -0.478. The third-order valence-corrected chi connectivity index (χ3v) is 5.84. The van der Waals surface area contributed by atoms with E-state index < -0.39 is 5.92 Å². The summed E-state index contributed by atoms with van der Waals surface area (Å²) < 4.78 is 13.9. The van der Waals surface area contributed by atoms with Crippen molar-refractivity contribution in [3.8, 4) is 0 Å². The molecule has 0 aliphatic carbocycles. The Kier molecular flexibility index (Phi) is 6.33. The van der Waals surface area contributed by atoms with Gasteiger partial charge in [0, 0.05) is 36.1 Å². The highest BCUT2D eigenvalue weighted by Crippen LogP contribution is 2.34. The predicted octanol–water partition coefficient (Wildman–Crippen LogP) is 4.65. The van der Waals surface area contributed by atoms with Crippen LogP contribution in [-0.4, -0.2) is 29.8 Å². The molecule has 4 nitrogen and oxygen atoms in total. The molecular formula is C25H22ClFN2O2. The first-order valence-corrected chi connectivity index (χ1v) is 10.5. The van der Waals surface area contributed by atoms with E-state index in [4.69, 9.17) is 11.6 Å². The van der Waals surface area contributed by atoms with Crippen molar-refractivity contribution in [2.45, 2.75) is 12.5 Å². The zero-order valence-corrected chi connectivity index (χ0v) is 17.6. The Morgan fingerprint density at radius 1 is 0.968 bits per heavy atom. The van der Waals surface area contributed by atoms with Crippen LogP contribution in [0.3, 0.4) is 0 Å². The molecule has 0 aromatic heterocycles. The van der Waals surface area contributed by atoms with E-state index in [1.165, 1.54) is 12.1 Å². The molecule has 1 fully saturated rings. The second kappa shape index (κ2) is 9.31. The topological polar surface area (TPSA) is 49.4 Å². The summed E-state index contributed by atoms with van der Waals surface area (Å²) in [5.41, 5.74) is 2.17. The fourth-order valence-electron chi connectivity index (χ4n) is 4.03. The van der Waals surface area contributed by atoms with Crippen LogP contribution in [0.5, 0.6) is 0 Å². The molecule has 0 bridgehead atoms. The number of hydrogen-bond acceptors (Lipinski definition) is 2. The van der Waals surface area contributed by atoms with E-state index in [2.05, 4.69) is 5.32 Å². The first kappa shape index (κ1) is 21.1. The highest BCUT2D eigenvalue weighted by atomic mass is 35.5. The van der Waals surface area contributed by atoms with E-state index in [1.54, 1.807) is 41.3 Å². The van der Waals surface area contributed by atoms with Crippen LogP contribution in [0.25, 0.3) is 0 Å². The molecule has 4 rings (SSSR count). The van der Waals surface area contributed by atoms with Gasteiger partial charge in [-0.15, -0.1) is 0 Å². The number of likely N-dealkylation sites (tertiary alicyclic amines) is 1. The number of rotatable bonds is 5. The van der Waals surface area contributed by atoms with Gasteiger partial charge >= 0.3 is 0 Å². The maximum atomic E-state index is 13.9. The fourth-order valence-corrected chi connectivity index (χ4v) is 4.22. The molecule has 1 aliphatic heterocycles. The summed E-state index contributed by atoms with van der Waals surface area (Å²) in [7, 11) is 0. The first-order valence-electron chi connectivity index (χ1n) is 10.1. The Hall–Kier alpha value is -3.18. The Bertz CT molecular complexity index is 1090. The van der Waals surface area contributed by atoms with Crippen LogP contribution in [0.4, 0.5) is 4.39 Å². The second-order valence-electron chi connectivity index (χ2n) is 7.69. The summed E-state index contributed by atoms with van der Waals surface area (Å²) in [6.45, 7) is 0.986. The highest BCUT2D eigenvalue weighted by Gasteiger charge is 2.40. The van der Waals surface area contributed by atoms with Crippen LogP contribution < -0.4 is 5.32 Å². The first-order chi connectivity index (χ1) is 15.0. The molecule has 2 atom stereocenters. The molecule has 1 heterocycles. The molecule has 31 heavy (non-hydrogen) atoms. The summed E-state index contributed by atoms with van der Waals surface area (Å²) in [4.78, 5) is 27.8. The SMILES string of the molecule is O=C(NCc1ccccc1)C1CN(C(=O)c2cccc(Cl)c2)CC1c1cccc(F)c1. The molecule has 1 N–H and O–H groups in total. The normalized spacial score (nSPS) is 18.1. The van der Waals surface area contributed by atoms with Gasteiger partial charge in [-0.1, -0.05) is 60.1 Å². The van der Waals surface area contributed by atoms with Gasteiger partial charge in [-0.05, 0) is 41.5 Å². The molecule has 1 saturated heterocycles. The maximum Gasteiger partial charge on any atom is 0.253 e. The smallest absolute Gasteiger partial charge is 0.253 e. The minimum absolute atomic E-state index is 0.153. The van der Waals surface area contributed by atoms with Crippen molar-refractivity contribution in [2.24, 2.45) is 5.92 Å². The van der Waals surface area contributed by atoms with Crippen molar-refractivity contribution in [3.63, 3.8) is 0 Å². The monoisotopic (exact) mass is 436 g/mol. The third kappa shape index (κ3) is 4.94. The lowest BCUT2D eigenvalue weighted by Gasteiger charge is -2.18. The van der Waals surface area contributed by atoms with E-state index in [9.17, 15) is 14.0 Å². The van der Waals surface area contributed by atoms with Crippen LogP contribution in [0.2, 0.25) is 5.02 Å². The Balaban J connectivity index is 1.56. The van der Waals surface area contributed by atoms with E-state index in [1.807, 2.05) is 30.3 Å². The predicted molar refractivity (Wildman–Crippen MR) is 118 cm³/mol. The Morgan fingerprint density at radius 3 is 2.48 bits per heavy atom. The second-order valence-corrected chi connectivity index (χ2v) is 8.13. The molecule has 0 radical (unpaired) electrons. The average molecular weight is 437 g/mol. The zero-order chi connectivity index (χ0) is 21.8. The molecule has 2 unspecified atom stereocenters. The molecule has 1 aliphatic rings. The van der Waals surface area contributed by atoms with Crippen LogP contribution in [0.15, 0.2) is 78.9 Å². The summed E-state index contributed by atoms with van der Waals surface area (Å²) in [6, 6.07) is 22.6. The van der Waals surface area contributed by atoms with Crippen LogP contribution in [0.1, 0.15) is 27.4 Å². The molecule has 3 aromatic carbocycles. The van der Waals surface area contributed by atoms with E-state index in [0.29, 0.717) is 29.2 Å². The van der Waals surface area contributed by atoms with Gasteiger partial charge in [0.15, 0.2) is 0 Å². The van der Waals surface area contributed by atoms with E-state index >= 15 is 0 Å². The van der Waals surface area contributed by atoms with Crippen molar-refractivity contribution in [1.29, 1.82) is 0 Å². The third-order valence-electron chi connectivity index (χ3n) is 5.60. The lowest BCUT2D eigenvalue weighted by atomic mass is 9.88. The number of carbonyl (C=O) groups is 2. The van der Waals surface area contributed by atoms with Gasteiger partial charge in [-0.2, -0.15) is 0 Å². The fraction of sp³-hybridized carbons (Fsp3) is 0.200. The molecule has 6 heteroatoms. The van der Waals surface area contributed by atoms with E-state index in [0.717, 1.165) is 5.56 Å². The van der Waals surface area contributed by atoms with Gasteiger partial charge in [0.2, 0.25) is 5.91 Å². The zero-order valence-electron chi connectivity index (χ0n) is 16.8. The standard InChI is InChI=1S/C25H22ClFN2O2/c26-20-10-4-9-19(12-20)25(31)29-15-22(18-8-5-11-21(27)13-18)23(16-29)24(30)28-14-17-6-2-1-3-7-17/h1-13,22-23H,14-16H2,(H,28,30). The summed E-state index contributed by atoms with van der Waals surface area (Å²) in [6.07, 6.45) is 0. The molecule has 0 spiro atoms. The summed E-state index contributed by atoms with van der Waals surface area (Å²) in [5, 5.41) is 3.45. The average Bonchev–Trinajstić information content (AvgIpc) is 3.23. The van der Waals surface area contributed by atoms with Crippen molar-refractivity contribution in [1.82, 2.24) is 10.2 Å². The van der Waals surface area contributed by atoms with Gasteiger partial charge in [0.1, 0.15) is 5.82 Å². The molecule has 2 amide bonds. The Morgan fingerprint density at radius 2 is 1.74 bits per heavy atom. The van der Waals surface area contributed by atoms with Gasteiger partial charge < -0.3 is 10.2 Å². The summed E-state index contributed by atoms with van der Waals surface area (Å²) in [5.74, 6) is -1.48. The number of carbonyl (C=O) groups excluding carboxylic acids is 2. The van der Waals surface area contributed by atoms with Crippen molar-refractivity contribution in [2.75, 3.05) is 13.1 Å². The Labute approximate surface area is 185 Å². The van der Waals surface area contributed by atoms with Crippen molar-refractivity contribution < 1.29 is 14.0 Å². The van der Waals surface area contributed by atoms with Crippen molar-refractivity contribution in [3.05, 3.63) is 106 Å². The van der Waals surface area contributed by atoms with Crippen molar-refractivity contribution >= 4 is 23.4 Å². The van der Waals surface area contributed by atoms with Crippen LogP contribution in [-0.2, 0) is 11.3 Å². The molecule has 3 aromatic rings. The quantitative estimate of drug-likeness (QED) is 0.632. The number of nitrogens with zero attached hydrogens (tertiary/aromatic N) is 1. The number of benzene rings is 3. The van der Waals surface area contributed by atoms with Crippen LogP contribution in [0, 0.1) is 11.7 Å². The van der Waals surface area contributed by atoms with Gasteiger partial charge in [-0.25, -0.2) is 4.39 Å². The number of nitrogens with one attached hydrogen (secondary N) is 1. The maximum absolute atomic E-state index is 13.9. The lowest BCUT2D eigenvalue weighted by Crippen LogP contribution is -2.35. The number of hydrogen-bond donors (Lipinski definition) is 1. The number of amides is 2. The molecule has 0 saturated carbocycles. The van der Waals surface area contributed by atoms with Gasteiger partial charge in [0.05, 0.1) is 5.92 Å². The largest absolute Gasteiger partial charge is 0.352 e. The number of halogens is 2. The van der Waals surface area contributed by atoms with Gasteiger partial charge in [-0.3, -0.25) is 9.59 Å². The molecule has 158 valence electrons. The molecular weight excluding hydrogens is 415 g/mol. The van der Waals surface area contributed by atoms with Gasteiger partial charge in [0.25, 0.3) is 5.91 Å². The van der Waals surface area contributed by atoms with E-state index in [-0.39, 0.29) is 30.1 Å². The minimum Gasteiger partial charge on any atom is -0.352 e. The lowest BCUT2D eigenvalue weighted by molar-refractivity contribution is -0.125. The summed E-state index contributed by atoms with van der Waals surface area (Å²) >= 11 is 6.04.